The Morgan fingerprint density at radius 3 is 0.932 bits per heavy atom. The van der Waals surface area contributed by atoms with E-state index in [4.69, 9.17) is 72.2 Å². The van der Waals surface area contributed by atoms with E-state index >= 15 is 0 Å². The molecule has 0 spiro atoms. The molecule has 8 aromatic heterocycles. The molecule has 0 amide bonds. The second-order valence-electron chi connectivity index (χ2n) is 38.3. The summed E-state index contributed by atoms with van der Waals surface area (Å²) in [6, 6.07) is 145. The molecule has 25 aromatic rings. The Morgan fingerprint density at radius 2 is 0.507 bits per heavy atom. The third-order valence-corrected chi connectivity index (χ3v) is 31.8. The number of nitrogens with zero attached hydrogens (tertiary/aromatic N) is 6. The first-order valence-corrected chi connectivity index (χ1v) is 52.1. The molecule has 2 fully saturated rings. The Kier molecular flexibility index (Phi) is 25.6. The van der Waals surface area contributed by atoms with Gasteiger partial charge in [-0.2, -0.15) is 0 Å². The van der Waals surface area contributed by atoms with Gasteiger partial charge in [0, 0.05) is 90.4 Å². The molecule has 708 valence electrons. The van der Waals surface area contributed by atoms with Gasteiger partial charge in [-0.1, -0.05) is 370 Å². The van der Waals surface area contributed by atoms with Crippen LogP contribution in [-0.4, -0.2) is 66.5 Å². The lowest BCUT2D eigenvalue weighted by Crippen LogP contribution is -2.41. The van der Waals surface area contributed by atoms with E-state index in [1.54, 1.807) is 34.0 Å². The first-order chi connectivity index (χ1) is 71.0. The van der Waals surface area contributed by atoms with Crippen molar-refractivity contribution < 1.29 is 27.5 Å². The van der Waals surface area contributed by atoms with Crippen LogP contribution in [0.15, 0.2) is 427 Å². The molecule has 0 atom stereocenters. The predicted octanol–water partition coefficient (Wildman–Crippen LogP) is 34.9. The molecule has 0 unspecified atom stereocenters. The van der Waals surface area contributed by atoms with E-state index in [0.717, 1.165) is 179 Å². The summed E-state index contributed by atoms with van der Waals surface area (Å²) in [5, 5.41) is 11.9. The van der Waals surface area contributed by atoms with Crippen LogP contribution in [0.5, 0.6) is 0 Å². The number of thiophene rings is 3. The van der Waals surface area contributed by atoms with Crippen molar-refractivity contribution in [2.45, 2.75) is 77.8 Å². The first-order valence-electron chi connectivity index (χ1n) is 48.5. The van der Waals surface area contributed by atoms with Crippen molar-refractivity contribution in [1.29, 1.82) is 0 Å². The molecule has 12 nitrogen and oxygen atoms in total. The largest absolute Gasteiger partial charge is 0.494 e. The molecule has 2 saturated heterocycles. The summed E-state index contributed by atoms with van der Waals surface area (Å²) in [4.78, 5) is 30.4. The van der Waals surface area contributed by atoms with Crippen LogP contribution in [0.4, 0.5) is 0 Å². The van der Waals surface area contributed by atoms with Crippen molar-refractivity contribution in [2.75, 3.05) is 0 Å². The lowest BCUT2D eigenvalue weighted by Gasteiger charge is -2.32. The van der Waals surface area contributed by atoms with E-state index in [0.29, 0.717) is 11.0 Å². The fourth-order valence-electron chi connectivity index (χ4n) is 19.1. The molecule has 2 aliphatic heterocycles. The van der Waals surface area contributed by atoms with Gasteiger partial charge >= 0.3 is 14.2 Å². The van der Waals surface area contributed by atoms with E-state index in [9.17, 15) is 0 Å². The van der Waals surface area contributed by atoms with Gasteiger partial charge in [-0.05, 0) is 217 Å². The van der Waals surface area contributed by atoms with Crippen molar-refractivity contribution in [2.24, 2.45) is 0 Å². The SMILES string of the molecule is CC1(C)OB(c2cccc(-c3cccc(-c4cccc5c4oc4ccccc45)c3)c2)OC1(C)C.CC1(C)OB(c2cccc(-c3ccccc3)c2)OC1(C)C.Clc1nc(-c2cccc(-c3ccccc3)c2)c2c(n1)sc1ccccc12.Clc1nc(Cl)c2c(n1)sc1ccccc12.c1ccc(-c2cccc(-c3nc(-c4cccc(-c5cccc(-c6cccc7c6oc6ccccc67)c5)c4)nc4sc5ccccc5c34)c2)cc1. The van der Waals surface area contributed by atoms with Gasteiger partial charge in [0.15, 0.2) is 5.82 Å². The summed E-state index contributed by atoms with van der Waals surface area (Å²) in [5.41, 5.74) is 25.3. The van der Waals surface area contributed by atoms with Gasteiger partial charge in [-0.15, -0.1) is 34.0 Å². The minimum atomic E-state index is -0.377. The Labute approximate surface area is 872 Å². The average molecular weight is 2010 g/mol. The number of hydrogen-bond donors (Lipinski definition) is 0. The topological polar surface area (TPSA) is 141 Å². The highest BCUT2D eigenvalue weighted by molar-refractivity contribution is 7.26. The molecule has 2 aliphatic rings. The number of aromatic nitrogens is 6. The number of fused-ring (bicyclic) bond motifs is 15. The van der Waals surface area contributed by atoms with Gasteiger partial charge in [-0.25, -0.2) is 29.9 Å². The van der Waals surface area contributed by atoms with E-state index in [1.807, 2.05) is 84.9 Å². The fourth-order valence-corrected chi connectivity index (χ4v) is 23.2. The maximum Gasteiger partial charge on any atom is 0.494 e. The number of para-hydroxylation sites is 4. The number of furan rings is 2. The summed E-state index contributed by atoms with van der Waals surface area (Å²) in [5.74, 6) is 0.717. The average Bonchev–Trinajstić information content (AvgIpc) is 1.56. The van der Waals surface area contributed by atoms with Gasteiger partial charge < -0.3 is 27.5 Å². The molecule has 0 bridgehead atoms. The number of rotatable bonds is 12. The molecule has 17 aromatic carbocycles. The first kappa shape index (κ1) is 94.6. The molecule has 0 radical (unpaired) electrons. The van der Waals surface area contributed by atoms with Crippen LogP contribution in [0, 0.1) is 0 Å². The maximum absolute atomic E-state index is 6.38. The highest BCUT2D eigenvalue weighted by Gasteiger charge is 2.53. The predicted molar refractivity (Wildman–Crippen MR) is 613 cm³/mol. The van der Waals surface area contributed by atoms with E-state index in [2.05, 4.69) is 409 Å². The zero-order valence-electron chi connectivity index (χ0n) is 81.0. The summed E-state index contributed by atoms with van der Waals surface area (Å²) in [6.07, 6.45) is 0. The molecular weight excluding hydrogens is 1920 g/mol. The molecule has 20 heteroatoms. The zero-order chi connectivity index (χ0) is 99.5. The third-order valence-electron chi connectivity index (χ3n) is 28.0. The third kappa shape index (κ3) is 18.7. The quantitative estimate of drug-likeness (QED) is 0.0653. The van der Waals surface area contributed by atoms with Crippen molar-refractivity contribution in [3.05, 3.63) is 434 Å². The van der Waals surface area contributed by atoms with E-state index in [-0.39, 0.29) is 47.2 Å². The smallest absolute Gasteiger partial charge is 0.455 e. The number of hydrogen-bond acceptors (Lipinski definition) is 15. The summed E-state index contributed by atoms with van der Waals surface area (Å²) in [7, 11) is -0.684. The van der Waals surface area contributed by atoms with E-state index < -0.39 is 0 Å². The van der Waals surface area contributed by atoms with Crippen LogP contribution in [0.1, 0.15) is 55.4 Å². The van der Waals surface area contributed by atoms with E-state index in [1.165, 1.54) is 42.4 Å². The van der Waals surface area contributed by atoms with Crippen molar-refractivity contribution >= 4 is 199 Å². The highest BCUT2D eigenvalue weighted by Crippen LogP contribution is 2.48. The Balaban J connectivity index is 0.000000107. The molecule has 146 heavy (non-hydrogen) atoms. The number of halogens is 3. The van der Waals surface area contributed by atoms with Crippen LogP contribution in [-0.2, 0) is 18.6 Å². The minimum absolute atomic E-state index is 0.194. The van der Waals surface area contributed by atoms with Crippen LogP contribution in [0.3, 0.4) is 0 Å². The normalized spacial score (nSPS) is 13.9. The fraction of sp³-hybridized carbons (Fsp3) is 0.0952. The second kappa shape index (κ2) is 39.6. The minimum Gasteiger partial charge on any atom is -0.455 e. The maximum atomic E-state index is 6.38. The molecule has 10 heterocycles. The molecule has 27 rings (SSSR count). The Hall–Kier alpha value is -14.9. The Bertz CT molecular complexity index is 9240. The van der Waals surface area contributed by atoms with Gasteiger partial charge in [0.1, 0.15) is 42.0 Å². The highest BCUT2D eigenvalue weighted by atomic mass is 35.5. The summed E-state index contributed by atoms with van der Waals surface area (Å²) in [6.45, 7) is 16.6. The van der Waals surface area contributed by atoms with Gasteiger partial charge in [-0.3, -0.25) is 0 Å². The van der Waals surface area contributed by atoms with Crippen LogP contribution in [0.2, 0.25) is 15.7 Å². The van der Waals surface area contributed by atoms with Crippen molar-refractivity contribution in [3.63, 3.8) is 0 Å². The summed E-state index contributed by atoms with van der Waals surface area (Å²) >= 11 is 23.0. The van der Waals surface area contributed by atoms with Gasteiger partial charge in [0.05, 0.1) is 39.2 Å². The molecular formula is C126H93B2Cl3N6O6S3. The lowest BCUT2D eigenvalue weighted by atomic mass is 9.78. The zero-order valence-corrected chi connectivity index (χ0v) is 85.7. The van der Waals surface area contributed by atoms with Crippen molar-refractivity contribution in [3.8, 4) is 112 Å². The van der Waals surface area contributed by atoms with Crippen LogP contribution >= 0.6 is 68.8 Å². The second-order valence-corrected chi connectivity index (χ2v) is 42.5. The monoisotopic (exact) mass is 2010 g/mol. The lowest BCUT2D eigenvalue weighted by molar-refractivity contribution is 0.00578. The van der Waals surface area contributed by atoms with Crippen LogP contribution < -0.4 is 10.9 Å². The van der Waals surface area contributed by atoms with Gasteiger partial charge in [0.25, 0.3) is 0 Å². The van der Waals surface area contributed by atoms with Crippen LogP contribution in [0.25, 0.3) is 217 Å². The Morgan fingerprint density at radius 1 is 0.226 bits per heavy atom. The standard InChI is InChI=1S/C46H28N2OS.C30H27BO3.C22H13ClN2S.C18H21BO2.C10H4Cl2N2S/c1-2-12-29(13-3-1)30-14-9-18-34(27-30)43-42-39-21-5-7-25-41(39)50-46(42)48-45(47-43)35-19-10-16-32(28-35)31-15-8-17-33(26-31)36-22-11-23-38-37-20-4-6-24-40(37)49-44(36)38;1-29(2)30(3,4)34-31(33-29)23-13-8-11-21(19-23)20-10-7-12-22(18-20)24-15-9-16-26-25-14-5-6-17-27(25)32-28(24)26;23-22-24-20(19-17-11-4-5-12-18(17)26-21(19)25-22)16-10-6-9-15(13-16)14-7-2-1-3-8-14;1-17(2)18(3,4)21-19(20-17)16-12-8-11-15(13-16)14-9-6-5-7-10-14;11-8-7-5-3-1-2-4-6(5)15-9(7)14-10(12)13-8/h1-28H;5-19H,1-4H3;1-13H;5-13H,1-4H3;1-4H. The number of benzene rings is 17. The molecule has 0 N–H and O–H groups in total. The van der Waals surface area contributed by atoms with Crippen molar-refractivity contribution in [1.82, 2.24) is 29.9 Å². The van der Waals surface area contributed by atoms with Gasteiger partial charge in [0.2, 0.25) is 10.6 Å². The summed E-state index contributed by atoms with van der Waals surface area (Å²) < 4.78 is 41.0. The molecule has 0 saturated carbocycles. The molecule has 0 aliphatic carbocycles.